The Morgan fingerprint density at radius 3 is 0.773 bits per heavy atom. The van der Waals surface area contributed by atoms with Crippen molar-refractivity contribution in [2.75, 3.05) is 72.7 Å². The van der Waals surface area contributed by atoms with Crippen molar-refractivity contribution in [2.24, 2.45) is 0 Å². The van der Waals surface area contributed by atoms with Crippen molar-refractivity contribution in [3.05, 3.63) is 0 Å². The second-order valence-corrected chi connectivity index (χ2v) is 32.3. The molecule has 128 heavy (non-hydrogen) atoms. The lowest BCUT2D eigenvalue weighted by atomic mass is 9.94. The summed E-state index contributed by atoms with van der Waals surface area (Å²) >= 11 is 0. The number of amides is 2. The Hall–Kier alpha value is -3.22. The van der Waals surface area contributed by atoms with Gasteiger partial charge in [0.2, 0.25) is 11.8 Å². The highest BCUT2D eigenvalue weighted by molar-refractivity contribution is 5.73. The van der Waals surface area contributed by atoms with E-state index in [1.54, 1.807) is 0 Å². The van der Waals surface area contributed by atoms with Crippen molar-refractivity contribution in [3.8, 4) is 0 Å². The van der Waals surface area contributed by atoms with Gasteiger partial charge in [0.15, 0.2) is 69.2 Å². The molecule has 0 aromatic rings. The molecule has 0 aromatic carbocycles. The number of nitrogens with one attached hydrogen (secondary N) is 2. The molecule has 0 saturated carbocycles. The Labute approximate surface area is 722 Å². The molecule has 35 N–H and O–H groups in total. The van der Waals surface area contributed by atoms with Crippen molar-refractivity contribution in [2.45, 2.75) is 351 Å². The third kappa shape index (κ3) is 22.5. The van der Waals surface area contributed by atoms with E-state index in [2.05, 4.69) is 10.6 Å². The molecule has 55 atom stereocenters. The molecule has 58 heteroatoms. The molecule has 11 saturated heterocycles. The summed E-state index contributed by atoms with van der Waals surface area (Å²) in [6, 6.07) is -3.71. The van der Waals surface area contributed by atoms with Gasteiger partial charge in [0.05, 0.1) is 72.7 Å². The first kappa shape index (κ1) is 105. The molecule has 58 nitrogen and oxygen atoms in total. The second kappa shape index (κ2) is 45.8. The average Bonchev–Trinajstić information content (AvgIpc) is 0.765. The molecule has 11 fully saturated rings. The van der Waals surface area contributed by atoms with Gasteiger partial charge in [0.1, 0.15) is 268 Å². The second-order valence-electron chi connectivity index (χ2n) is 32.3. The van der Waals surface area contributed by atoms with Gasteiger partial charge in [-0.25, -0.2) is 0 Å². The Morgan fingerprint density at radius 2 is 0.430 bits per heavy atom. The minimum absolute atomic E-state index is 0.824. The molecule has 11 aliphatic heterocycles. The van der Waals surface area contributed by atoms with Crippen LogP contribution in [-0.2, 0) is 109 Å². The van der Waals surface area contributed by atoms with Crippen LogP contribution in [0.2, 0.25) is 0 Å². The van der Waals surface area contributed by atoms with Crippen molar-refractivity contribution >= 4 is 11.8 Å². The summed E-state index contributed by atoms with van der Waals surface area (Å²) in [6.45, 7) is -10.9. The third-order valence-electron chi connectivity index (χ3n) is 23.8. The first-order valence-corrected chi connectivity index (χ1v) is 40.7. The SMILES string of the molecule is CC(=O)NC1C(O)OC(CO)[C@@H](OC2OC(CO)[C@@H](OC3OC(COC4OC(COC5OC(CO)C(O)[C@H](O)C5OC5OC(CO)C(O)[C@H](O)C5O)C(O)[C@H](OC5OC(CO)C(O)C(O)C5OC5OC(CO)C(O)C(O)C5O)C4O)C(O)[C@H](OC4OC(CO)C(O)C(O)C4OC4OC(CO)C(O)C(O)C4OC4OC(CO)C(O)C(O)C4O)C3O)[C@H](O)C2NC(C)=O)[C@@H]1O. The van der Waals surface area contributed by atoms with Gasteiger partial charge in [-0.1, -0.05) is 0 Å². The molecule has 2 amide bonds. The van der Waals surface area contributed by atoms with Crippen molar-refractivity contribution < 1.29 is 278 Å². The standard InChI is InChI=1S/C70H118N2O56/c1-14(82)71-27-38(93)52(23(10-80)110-60(27)107)121-61-28(72-15(2)83)39(94)53(24(11-81)118-61)122-66-51(106)55(124-69-59(46(101)35(90)21(8-78)116-69)128-70-58(45(100)34(89)22(9-79)117-70)127-65-49(104)42(97)31(86)18(5-75)113-65)37(92)26(120-66)12-108-62-50(105)54(123-68-57(44(99)33(88)20(7-77)115-68)126-64-48(103)41(96)30(85)17(4-74)112-64)36(91)25(119-62)13-109-67-56(43(98)32(87)19(6-76)114-67)125-63-47(102)40(95)29(84)16(3-73)111-63/h16-70,73-81,84-107H,3-13H2,1-2H3,(H,71,82)(H,72,83)/t16?,17?,18?,19?,20?,21?,22?,23?,24?,25?,26?,27?,28?,29?,30?,31?,32?,33?,34?,35?,36?,37?,38-,39-,40+,41?,42?,43+,44?,45?,46?,47?,48?,49?,50?,51?,52-,53-,54+,55+,56?,57?,58?,59?,60?,61?,62?,63?,64?,65?,66?,67?,68?,69?,70?/m1/s1. The molecule has 11 heterocycles. The molecule has 11 aliphatic rings. The predicted octanol–water partition coefficient (Wildman–Crippen LogP) is -24.7. The Bertz CT molecular complexity index is 3380. The minimum Gasteiger partial charge on any atom is -0.394 e. The van der Waals surface area contributed by atoms with Crippen LogP contribution in [0.25, 0.3) is 0 Å². The molecule has 11 rings (SSSR count). The number of hydrogen-bond acceptors (Lipinski definition) is 56. The third-order valence-corrected chi connectivity index (χ3v) is 23.8. The maximum absolute atomic E-state index is 13.1. The first-order chi connectivity index (χ1) is 60.7. The number of aliphatic hydroxyl groups excluding tert-OH is 33. The molecular formula is C70H118N2O56. The number of carbonyl (C=O) groups is 2. The van der Waals surface area contributed by atoms with E-state index in [0.29, 0.717) is 0 Å². The highest BCUT2D eigenvalue weighted by atomic mass is 16.8. The molecule has 0 spiro atoms. The number of rotatable bonds is 33. The lowest BCUT2D eigenvalue weighted by Crippen LogP contribution is -2.70. The molecular weight excluding hydrogens is 1760 g/mol. The molecule has 0 aliphatic carbocycles. The van der Waals surface area contributed by atoms with Crippen LogP contribution in [0.3, 0.4) is 0 Å². The van der Waals surface area contributed by atoms with Crippen molar-refractivity contribution in [1.29, 1.82) is 0 Å². The first-order valence-electron chi connectivity index (χ1n) is 40.7. The number of ether oxygens (including phenoxy) is 21. The predicted molar refractivity (Wildman–Crippen MR) is 386 cm³/mol. The van der Waals surface area contributed by atoms with Crippen LogP contribution in [0.1, 0.15) is 13.8 Å². The molecule has 0 bridgehead atoms. The van der Waals surface area contributed by atoms with E-state index in [1.807, 2.05) is 0 Å². The van der Waals surface area contributed by atoms with Gasteiger partial charge >= 0.3 is 0 Å². The van der Waals surface area contributed by atoms with Gasteiger partial charge < -0.3 is 279 Å². The quantitative estimate of drug-likeness (QED) is 0.0290. The fraction of sp³-hybridized carbons (Fsp3) is 0.971. The van der Waals surface area contributed by atoms with E-state index in [-0.39, 0.29) is 0 Å². The van der Waals surface area contributed by atoms with Gasteiger partial charge in [-0.2, -0.15) is 0 Å². The summed E-state index contributed by atoms with van der Waals surface area (Å²) < 4.78 is 124. The lowest BCUT2D eigenvalue weighted by molar-refractivity contribution is -0.408. The van der Waals surface area contributed by atoms with Crippen molar-refractivity contribution in [3.63, 3.8) is 0 Å². The van der Waals surface area contributed by atoms with Gasteiger partial charge in [-0.3, -0.25) is 9.59 Å². The highest BCUT2D eigenvalue weighted by Gasteiger charge is 2.62. The zero-order valence-electron chi connectivity index (χ0n) is 67.7. The molecule has 0 aromatic heterocycles. The highest BCUT2D eigenvalue weighted by Crippen LogP contribution is 2.42. The van der Waals surface area contributed by atoms with E-state index in [1.165, 1.54) is 0 Å². The summed E-state index contributed by atoms with van der Waals surface area (Å²) in [4.78, 5) is 25.4. The number of carbonyl (C=O) groups excluding carboxylic acids is 2. The van der Waals surface area contributed by atoms with Gasteiger partial charge in [-0.15, -0.1) is 0 Å². The summed E-state index contributed by atoms with van der Waals surface area (Å²) in [5.74, 6) is -1.82. The van der Waals surface area contributed by atoms with E-state index in [0.717, 1.165) is 13.8 Å². The van der Waals surface area contributed by atoms with Crippen LogP contribution in [0.4, 0.5) is 0 Å². The van der Waals surface area contributed by atoms with Gasteiger partial charge in [-0.05, 0) is 0 Å². The molecule has 47 unspecified atom stereocenters. The van der Waals surface area contributed by atoms with Crippen LogP contribution >= 0.6 is 0 Å². The van der Waals surface area contributed by atoms with E-state index in [9.17, 15) is 178 Å². The Balaban J connectivity index is 0.961. The topological polar surface area (TPSA) is 920 Å². The van der Waals surface area contributed by atoms with Gasteiger partial charge in [0.25, 0.3) is 0 Å². The lowest BCUT2D eigenvalue weighted by Gasteiger charge is -2.51. The fourth-order valence-corrected chi connectivity index (χ4v) is 16.5. The van der Waals surface area contributed by atoms with Crippen LogP contribution in [0.15, 0.2) is 0 Å². The summed E-state index contributed by atoms with van der Waals surface area (Å²) in [6.07, 6.45) is -117. The summed E-state index contributed by atoms with van der Waals surface area (Å²) in [7, 11) is 0. The van der Waals surface area contributed by atoms with Crippen LogP contribution in [-0.4, -0.2) is 591 Å². The van der Waals surface area contributed by atoms with Crippen molar-refractivity contribution in [1.82, 2.24) is 10.6 Å². The van der Waals surface area contributed by atoms with E-state index < -0.39 is 422 Å². The molecule has 744 valence electrons. The zero-order chi connectivity index (χ0) is 94.0. The smallest absolute Gasteiger partial charge is 0.217 e. The van der Waals surface area contributed by atoms with Crippen LogP contribution in [0.5, 0.6) is 0 Å². The monoisotopic (exact) mass is 1880 g/mol. The number of hydrogen-bond donors (Lipinski definition) is 35. The molecule has 0 radical (unpaired) electrons. The van der Waals surface area contributed by atoms with Gasteiger partial charge in [0, 0.05) is 13.8 Å². The zero-order valence-corrected chi connectivity index (χ0v) is 67.7. The minimum atomic E-state index is -2.69. The summed E-state index contributed by atoms with van der Waals surface area (Å²) in [5, 5.41) is 372. The maximum Gasteiger partial charge on any atom is 0.217 e. The largest absolute Gasteiger partial charge is 0.394 e. The average molecular weight is 1880 g/mol. The fourth-order valence-electron chi connectivity index (χ4n) is 16.5. The van der Waals surface area contributed by atoms with Crippen LogP contribution in [0, 0.1) is 0 Å². The van der Waals surface area contributed by atoms with Crippen LogP contribution < -0.4 is 10.6 Å². The Kier molecular flexibility index (Phi) is 37.7. The normalized spacial score (nSPS) is 51.7. The number of aliphatic hydroxyl groups is 33. The van der Waals surface area contributed by atoms with E-state index in [4.69, 9.17) is 99.5 Å². The maximum atomic E-state index is 13.1. The van der Waals surface area contributed by atoms with E-state index >= 15 is 0 Å². The Morgan fingerprint density at radius 1 is 0.203 bits per heavy atom. The summed E-state index contributed by atoms with van der Waals surface area (Å²) in [5.41, 5.74) is 0.